The SMILES string of the molecule is Cc1cccc(CN2CCCC(c3nc(CCOCC4CC4)no3)C2)c1. The van der Waals surface area contributed by atoms with E-state index in [9.17, 15) is 0 Å². The molecule has 1 saturated heterocycles. The smallest absolute Gasteiger partial charge is 0.231 e. The Hall–Kier alpha value is -1.72. The summed E-state index contributed by atoms with van der Waals surface area (Å²) in [4.78, 5) is 7.14. The average molecular weight is 355 g/mol. The molecule has 4 rings (SSSR count). The van der Waals surface area contributed by atoms with Crippen LogP contribution in [0.15, 0.2) is 28.8 Å². The molecule has 1 aliphatic carbocycles. The number of likely N-dealkylation sites (tertiary alicyclic amines) is 1. The molecule has 1 aliphatic heterocycles. The highest BCUT2D eigenvalue weighted by Gasteiger charge is 2.26. The minimum atomic E-state index is 0.349. The van der Waals surface area contributed by atoms with Crippen molar-refractivity contribution in [2.24, 2.45) is 5.92 Å². The zero-order valence-corrected chi connectivity index (χ0v) is 15.7. The molecule has 26 heavy (non-hydrogen) atoms. The molecule has 2 aromatic rings. The number of nitrogens with zero attached hydrogens (tertiary/aromatic N) is 3. The quantitative estimate of drug-likeness (QED) is 0.676. The average Bonchev–Trinajstić information content (AvgIpc) is 3.35. The number of ether oxygens (including phenoxy) is 1. The maximum Gasteiger partial charge on any atom is 0.231 e. The van der Waals surface area contributed by atoms with Gasteiger partial charge in [-0.1, -0.05) is 35.0 Å². The van der Waals surface area contributed by atoms with Gasteiger partial charge in [0, 0.05) is 26.1 Å². The van der Waals surface area contributed by atoms with Gasteiger partial charge in [-0.25, -0.2) is 0 Å². The third-order valence-electron chi connectivity index (χ3n) is 5.35. The minimum absolute atomic E-state index is 0.349. The first kappa shape index (κ1) is 17.7. The summed E-state index contributed by atoms with van der Waals surface area (Å²) in [6, 6.07) is 8.78. The maximum absolute atomic E-state index is 5.68. The minimum Gasteiger partial charge on any atom is -0.381 e. The summed E-state index contributed by atoms with van der Waals surface area (Å²) in [6.07, 6.45) is 5.71. The van der Waals surface area contributed by atoms with Crippen molar-refractivity contribution in [3.63, 3.8) is 0 Å². The van der Waals surface area contributed by atoms with E-state index in [0.717, 1.165) is 56.7 Å². The lowest BCUT2D eigenvalue weighted by Crippen LogP contribution is -2.34. The van der Waals surface area contributed by atoms with Crippen LogP contribution in [0, 0.1) is 12.8 Å². The van der Waals surface area contributed by atoms with E-state index in [2.05, 4.69) is 46.2 Å². The predicted molar refractivity (Wildman–Crippen MR) is 100.0 cm³/mol. The number of aryl methyl sites for hydroxylation is 1. The molecule has 5 nitrogen and oxygen atoms in total. The lowest BCUT2D eigenvalue weighted by atomic mass is 9.97. The first-order valence-corrected chi connectivity index (χ1v) is 9.94. The third kappa shape index (κ3) is 4.92. The maximum atomic E-state index is 5.68. The van der Waals surface area contributed by atoms with Crippen LogP contribution in [0.2, 0.25) is 0 Å². The summed E-state index contributed by atoms with van der Waals surface area (Å²) in [5, 5.41) is 4.16. The van der Waals surface area contributed by atoms with E-state index in [1.807, 2.05) is 0 Å². The Kier molecular flexibility index (Phi) is 5.65. The standard InChI is InChI=1S/C21H29N3O2/c1-16-4-2-5-18(12-16)13-24-10-3-6-19(14-24)21-22-20(23-26-21)9-11-25-15-17-7-8-17/h2,4-5,12,17,19H,3,6-11,13-15H2,1H3. The Balaban J connectivity index is 1.28. The van der Waals surface area contributed by atoms with Crippen LogP contribution >= 0.6 is 0 Å². The largest absolute Gasteiger partial charge is 0.381 e. The van der Waals surface area contributed by atoms with E-state index in [-0.39, 0.29) is 0 Å². The first-order chi connectivity index (χ1) is 12.8. The summed E-state index contributed by atoms with van der Waals surface area (Å²) in [6.45, 7) is 6.86. The highest BCUT2D eigenvalue weighted by molar-refractivity contribution is 5.22. The number of hydrogen-bond donors (Lipinski definition) is 0. The normalized spacial score (nSPS) is 21.2. The molecule has 0 bridgehead atoms. The molecule has 2 heterocycles. The summed E-state index contributed by atoms with van der Waals surface area (Å²) in [5.41, 5.74) is 2.70. The zero-order chi connectivity index (χ0) is 17.8. The topological polar surface area (TPSA) is 51.4 Å². The fourth-order valence-electron chi connectivity index (χ4n) is 3.70. The second-order valence-corrected chi connectivity index (χ2v) is 7.88. The Morgan fingerprint density at radius 2 is 2.19 bits per heavy atom. The number of aromatic nitrogens is 2. The van der Waals surface area contributed by atoms with E-state index in [4.69, 9.17) is 9.26 Å². The fourth-order valence-corrected chi connectivity index (χ4v) is 3.70. The van der Waals surface area contributed by atoms with E-state index < -0.39 is 0 Å². The molecular weight excluding hydrogens is 326 g/mol. The van der Waals surface area contributed by atoms with E-state index in [1.54, 1.807) is 0 Å². The Morgan fingerprint density at radius 1 is 1.27 bits per heavy atom. The monoisotopic (exact) mass is 355 g/mol. The van der Waals surface area contributed by atoms with Gasteiger partial charge in [0.05, 0.1) is 12.5 Å². The third-order valence-corrected chi connectivity index (χ3v) is 5.35. The molecule has 0 amide bonds. The molecule has 0 spiro atoms. The van der Waals surface area contributed by atoms with Crippen molar-refractivity contribution >= 4 is 0 Å². The van der Waals surface area contributed by atoms with Gasteiger partial charge in [0.1, 0.15) is 0 Å². The van der Waals surface area contributed by atoms with Crippen LogP contribution in [-0.2, 0) is 17.7 Å². The molecule has 1 atom stereocenters. The molecule has 140 valence electrons. The number of piperidine rings is 1. The molecule has 1 unspecified atom stereocenters. The highest BCUT2D eigenvalue weighted by Crippen LogP contribution is 2.29. The molecule has 1 saturated carbocycles. The van der Waals surface area contributed by atoms with E-state index in [1.165, 1.54) is 30.4 Å². The van der Waals surface area contributed by atoms with Gasteiger partial charge >= 0.3 is 0 Å². The van der Waals surface area contributed by atoms with Crippen LogP contribution in [0.5, 0.6) is 0 Å². The van der Waals surface area contributed by atoms with Crippen molar-refractivity contribution in [2.45, 2.75) is 51.5 Å². The molecular formula is C21H29N3O2. The Bertz CT molecular complexity index is 711. The van der Waals surface area contributed by atoms with Gasteiger partial charge in [-0.15, -0.1) is 0 Å². The number of hydrogen-bond acceptors (Lipinski definition) is 5. The number of rotatable bonds is 8. The highest BCUT2D eigenvalue weighted by atomic mass is 16.5. The van der Waals surface area contributed by atoms with Crippen LogP contribution in [0.25, 0.3) is 0 Å². The van der Waals surface area contributed by atoms with Crippen molar-refractivity contribution in [2.75, 3.05) is 26.3 Å². The lowest BCUT2D eigenvalue weighted by Gasteiger charge is -2.31. The van der Waals surface area contributed by atoms with Gasteiger partial charge in [-0.3, -0.25) is 4.90 Å². The second-order valence-electron chi connectivity index (χ2n) is 7.88. The van der Waals surface area contributed by atoms with E-state index in [0.29, 0.717) is 12.5 Å². The summed E-state index contributed by atoms with van der Waals surface area (Å²) in [5.74, 6) is 2.74. The summed E-state index contributed by atoms with van der Waals surface area (Å²) < 4.78 is 11.2. The second kappa shape index (κ2) is 8.31. The van der Waals surface area contributed by atoms with Crippen molar-refractivity contribution in [3.8, 4) is 0 Å². The van der Waals surface area contributed by atoms with Gasteiger partial charge < -0.3 is 9.26 Å². The summed E-state index contributed by atoms with van der Waals surface area (Å²) in [7, 11) is 0. The fraction of sp³-hybridized carbons (Fsp3) is 0.619. The number of benzene rings is 1. The molecule has 2 fully saturated rings. The Morgan fingerprint density at radius 3 is 3.04 bits per heavy atom. The van der Waals surface area contributed by atoms with E-state index >= 15 is 0 Å². The van der Waals surface area contributed by atoms with Crippen LogP contribution in [0.4, 0.5) is 0 Å². The van der Waals surface area contributed by atoms with Gasteiger partial charge in [-0.2, -0.15) is 4.98 Å². The first-order valence-electron chi connectivity index (χ1n) is 9.94. The lowest BCUT2D eigenvalue weighted by molar-refractivity contribution is 0.125. The van der Waals surface area contributed by atoms with Crippen molar-refractivity contribution in [1.82, 2.24) is 15.0 Å². The van der Waals surface area contributed by atoms with Crippen molar-refractivity contribution in [1.29, 1.82) is 0 Å². The van der Waals surface area contributed by atoms with Gasteiger partial charge in [0.2, 0.25) is 5.89 Å². The van der Waals surface area contributed by atoms with Crippen LogP contribution in [0.3, 0.4) is 0 Å². The molecule has 5 heteroatoms. The molecule has 0 N–H and O–H groups in total. The van der Waals surface area contributed by atoms with Gasteiger partial charge in [-0.05, 0) is 50.6 Å². The molecule has 1 aromatic carbocycles. The molecule has 1 aromatic heterocycles. The molecule has 0 radical (unpaired) electrons. The zero-order valence-electron chi connectivity index (χ0n) is 15.7. The molecule has 2 aliphatic rings. The van der Waals surface area contributed by atoms with Gasteiger partial charge in [0.25, 0.3) is 0 Å². The van der Waals surface area contributed by atoms with Crippen LogP contribution in [-0.4, -0.2) is 41.3 Å². The van der Waals surface area contributed by atoms with Gasteiger partial charge in [0.15, 0.2) is 5.82 Å². The summed E-state index contributed by atoms with van der Waals surface area (Å²) >= 11 is 0. The Labute approximate surface area is 155 Å². The predicted octanol–water partition coefficient (Wildman–Crippen LogP) is 3.73. The van der Waals surface area contributed by atoms with Crippen LogP contribution < -0.4 is 0 Å². The van der Waals surface area contributed by atoms with Crippen LogP contribution in [0.1, 0.15) is 54.4 Å². The van der Waals surface area contributed by atoms with Crippen molar-refractivity contribution < 1.29 is 9.26 Å². The van der Waals surface area contributed by atoms with Crippen molar-refractivity contribution in [3.05, 3.63) is 47.1 Å².